The monoisotopic (exact) mass is 362 g/mol. The van der Waals surface area contributed by atoms with Crippen LogP contribution in [0.15, 0.2) is 40.9 Å². The highest BCUT2D eigenvalue weighted by molar-refractivity contribution is 9.10. The van der Waals surface area contributed by atoms with Gasteiger partial charge in [0.15, 0.2) is 11.5 Å². The third-order valence-electron chi connectivity index (χ3n) is 3.17. The minimum Gasteiger partial charge on any atom is -0.340 e. The lowest BCUT2D eigenvalue weighted by Gasteiger charge is -2.15. The predicted octanol–water partition coefficient (Wildman–Crippen LogP) is 3.85. The molecule has 1 N–H and O–H groups in total. The summed E-state index contributed by atoms with van der Waals surface area (Å²) in [5.41, 5.74) is 1.27. The van der Waals surface area contributed by atoms with Crippen LogP contribution in [0.3, 0.4) is 0 Å². The largest absolute Gasteiger partial charge is 0.340 e. The van der Waals surface area contributed by atoms with E-state index in [-0.39, 0.29) is 5.91 Å². The number of aromatic nitrogens is 2. The summed E-state index contributed by atoms with van der Waals surface area (Å²) < 4.78 is 0.981. The number of hydrogen-bond acceptors (Lipinski definition) is 4. The third-order valence-corrected chi connectivity index (χ3v) is 3.67. The van der Waals surface area contributed by atoms with Crippen LogP contribution in [0, 0.1) is 0 Å². The lowest BCUT2D eigenvalue weighted by molar-refractivity contribution is 0.0786. The summed E-state index contributed by atoms with van der Waals surface area (Å²) in [6.45, 7) is 2.83. The molecule has 0 saturated heterocycles. The Balaban J connectivity index is 2.02. The number of rotatable bonds is 6. The first-order chi connectivity index (χ1) is 10.6. The normalized spacial score (nSPS) is 10.3. The van der Waals surface area contributed by atoms with Crippen LogP contribution in [0.5, 0.6) is 0 Å². The number of nitrogens with zero attached hydrogens (tertiary/aromatic N) is 3. The molecule has 1 amide bonds. The molecule has 0 spiro atoms. The maximum absolute atomic E-state index is 12.2. The van der Waals surface area contributed by atoms with Gasteiger partial charge in [-0.15, -0.1) is 10.2 Å². The van der Waals surface area contributed by atoms with E-state index in [1.807, 2.05) is 24.3 Å². The summed E-state index contributed by atoms with van der Waals surface area (Å²) in [6, 6.07) is 11.2. The Labute approximate surface area is 138 Å². The van der Waals surface area contributed by atoms with E-state index < -0.39 is 0 Å². The van der Waals surface area contributed by atoms with Gasteiger partial charge in [-0.1, -0.05) is 35.3 Å². The van der Waals surface area contributed by atoms with Crippen LogP contribution in [0.2, 0.25) is 0 Å². The maximum atomic E-state index is 12.2. The van der Waals surface area contributed by atoms with Gasteiger partial charge in [0.1, 0.15) is 0 Å². The van der Waals surface area contributed by atoms with Crippen molar-refractivity contribution >= 4 is 33.3 Å². The van der Waals surface area contributed by atoms with Crippen molar-refractivity contribution < 1.29 is 4.79 Å². The highest BCUT2D eigenvalue weighted by Gasteiger charge is 2.13. The second-order valence-corrected chi connectivity index (χ2v) is 5.94. The summed E-state index contributed by atoms with van der Waals surface area (Å²) in [5, 5.41) is 11.2. The molecular weight excluding hydrogens is 344 g/mol. The Bertz CT molecular complexity index is 630. The quantitative estimate of drug-likeness (QED) is 0.847. The Hall–Kier alpha value is -1.95. The maximum Gasteiger partial charge on any atom is 0.274 e. The van der Waals surface area contributed by atoms with Crippen molar-refractivity contribution in [1.82, 2.24) is 15.1 Å². The molecule has 0 unspecified atom stereocenters. The second kappa shape index (κ2) is 7.89. The molecular formula is C16H19BrN4O. The fourth-order valence-electron chi connectivity index (χ4n) is 1.92. The van der Waals surface area contributed by atoms with E-state index in [2.05, 4.69) is 38.4 Å². The molecule has 0 aliphatic rings. The third kappa shape index (κ3) is 4.53. The van der Waals surface area contributed by atoms with Crippen molar-refractivity contribution in [2.24, 2.45) is 0 Å². The first-order valence-electron chi connectivity index (χ1n) is 7.22. The standard InChI is InChI=1S/C16H19BrN4O/c1-3-4-10-21(2)16(22)14-8-9-15(20-19-14)18-13-7-5-6-12(17)11-13/h5-9,11H,3-4,10H2,1-2H3,(H,18,20). The van der Waals surface area contributed by atoms with Crippen LogP contribution in [-0.4, -0.2) is 34.6 Å². The van der Waals surface area contributed by atoms with E-state index in [0.29, 0.717) is 11.5 Å². The Morgan fingerprint density at radius 3 is 2.73 bits per heavy atom. The van der Waals surface area contributed by atoms with Gasteiger partial charge in [0, 0.05) is 23.8 Å². The molecule has 1 heterocycles. The second-order valence-electron chi connectivity index (χ2n) is 5.02. The summed E-state index contributed by atoms with van der Waals surface area (Å²) >= 11 is 3.42. The molecule has 0 fully saturated rings. The number of carbonyl (C=O) groups is 1. The molecule has 2 aromatic rings. The fraction of sp³-hybridized carbons (Fsp3) is 0.312. The number of halogens is 1. The molecule has 6 heteroatoms. The van der Waals surface area contributed by atoms with Crippen molar-refractivity contribution in [2.45, 2.75) is 19.8 Å². The van der Waals surface area contributed by atoms with Crippen molar-refractivity contribution in [1.29, 1.82) is 0 Å². The molecule has 0 atom stereocenters. The Kier molecular flexibility index (Phi) is 5.89. The SMILES string of the molecule is CCCCN(C)C(=O)c1ccc(Nc2cccc(Br)c2)nn1. The molecule has 116 valence electrons. The van der Waals surface area contributed by atoms with Crippen LogP contribution in [0.4, 0.5) is 11.5 Å². The zero-order valence-electron chi connectivity index (χ0n) is 12.7. The minimum atomic E-state index is -0.102. The summed E-state index contributed by atoms with van der Waals surface area (Å²) in [4.78, 5) is 13.8. The van der Waals surface area contributed by atoms with Gasteiger partial charge in [0.05, 0.1) is 0 Å². The van der Waals surface area contributed by atoms with E-state index in [0.717, 1.165) is 29.5 Å². The average molecular weight is 363 g/mol. The minimum absolute atomic E-state index is 0.102. The summed E-state index contributed by atoms with van der Waals surface area (Å²) in [7, 11) is 1.79. The molecule has 22 heavy (non-hydrogen) atoms. The molecule has 0 aliphatic heterocycles. The van der Waals surface area contributed by atoms with Crippen molar-refractivity contribution in [3.63, 3.8) is 0 Å². The van der Waals surface area contributed by atoms with Gasteiger partial charge in [-0.2, -0.15) is 0 Å². The van der Waals surface area contributed by atoms with Crippen LogP contribution >= 0.6 is 15.9 Å². The van der Waals surface area contributed by atoms with Crippen molar-refractivity contribution in [3.05, 3.63) is 46.6 Å². The molecule has 2 rings (SSSR count). The van der Waals surface area contributed by atoms with Gasteiger partial charge in [-0.05, 0) is 36.8 Å². The number of amides is 1. The molecule has 0 radical (unpaired) electrons. The lowest BCUT2D eigenvalue weighted by Crippen LogP contribution is -2.28. The van der Waals surface area contributed by atoms with Gasteiger partial charge in [-0.3, -0.25) is 4.79 Å². The topological polar surface area (TPSA) is 58.1 Å². The van der Waals surface area contributed by atoms with Gasteiger partial charge in [-0.25, -0.2) is 0 Å². The zero-order chi connectivity index (χ0) is 15.9. The van der Waals surface area contributed by atoms with Gasteiger partial charge >= 0.3 is 0 Å². The first kappa shape index (κ1) is 16.4. The average Bonchev–Trinajstić information content (AvgIpc) is 2.52. The number of carbonyl (C=O) groups excluding carboxylic acids is 1. The van der Waals surface area contributed by atoms with E-state index in [9.17, 15) is 4.79 Å². The fourth-order valence-corrected chi connectivity index (χ4v) is 2.32. The van der Waals surface area contributed by atoms with Gasteiger partial charge in [0.25, 0.3) is 5.91 Å². The van der Waals surface area contributed by atoms with Crippen LogP contribution in [0.25, 0.3) is 0 Å². The lowest BCUT2D eigenvalue weighted by atomic mass is 10.3. The molecule has 1 aromatic heterocycles. The highest BCUT2D eigenvalue weighted by atomic mass is 79.9. The van der Waals surface area contributed by atoms with E-state index in [4.69, 9.17) is 0 Å². The molecule has 5 nitrogen and oxygen atoms in total. The van der Waals surface area contributed by atoms with Crippen LogP contribution in [-0.2, 0) is 0 Å². The molecule has 0 aliphatic carbocycles. The highest BCUT2D eigenvalue weighted by Crippen LogP contribution is 2.19. The van der Waals surface area contributed by atoms with Crippen molar-refractivity contribution in [3.8, 4) is 0 Å². The zero-order valence-corrected chi connectivity index (χ0v) is 14.3. The predicted molar refractivity (Wildman–Crippen MR) is 91.3 cm³/mol. The molecule has 0 saturated carbocycles. The Morgan fingerprint density at radius 1 is 1.27 bits per heavy atom. The van der Waals surface area contributed by atoms with Crippen molar-refractivity contribution in [2.75, 3.05) is 18.9 Å². The van der Waals surface area contributed by atoms with E-state index >= 15 is 0 Å². The van der Waals surface area contributed by atoms with E-state index in [1.165, 1.54) is 0 Å². The Morgan fingerprint density at radius 2 is 2.09 bits per heavy atom. The number of hydrogen-bond donors (Lipinski definition) is 1. The number of benzene rings is 1. The summed E-state index contributed by atoms with van der Waals surface area (Å²) in [6.07, 6.45) is 2.04. The van der Waals surface area contributed by atoms with Crippen LogP contribution in [0.1, 0.15) is 30.3 Å². The first-order valence-corrected chi connectivity index (χ1v) is 8.01. The van der Waals surface area contributed by atoms with E-state index in [1.54, 1.807) is 24.1 Å². The molecule has 1 aromatic carbocycles. The summed E-state index contributed by atoms with van der Waals surface area (Å²) in [5.74, 6) is 0.501. The molecule has 0 bridgehead atoms. The van der Waals surface area contributed by atoms with Crippen LogP contribution < -0.4 is 5.32 Å². The number of anilines is 2. The number of nitrogens with one attached hydrogen (secondary N) is 1. The van der Waals surface area contributed by atoms with Gasteiger partial charge in [0.2, 0.25) is 0 Å². The van der Waals surface area contributed by atoms with Gasteiger partial charge < -0.3 is 10.2 Å². The number of unbranched alkanes of at least 4 members (excludes halogenated alkanes) is 1. The smallest absolute Gasteiger partial charge is 0.274 e.